The summed E-state index contributed by atoms with van der Waals surface area (Å²) in [5.41, 5.74) is 0.513. The standard InChI is InChI=1S/C11H15NO2/c1-11(2,3)14-10(13)8-9-4-6-12-7-5-9/h4-7H,8H2,1-3H3. The number of carbonyl (C=O) groups is 1. The van der Waals surface area contributed by atoms with Crippen molar-refractivity contribution in [1.29, 1.82) is 0 Å². The van der Waals surface area contributed by atoms with Gasteiger partial charge in [-0.15, -0.1) is 0 Å². The number of carbonyl (C=O) groups excluding carboxylic acids is 1. The lowest BCUT2D eigenvalue weighted by atomic mass is 10.1. The summed E-state index contributed by atoms with van der Waals surface area (Å²) in [5, 5.41) is 0. The Morgan fingerprint density at radius 1 is 1.36 bits per heavy atom. The molecule has 0 saturated heterocycles. The Morgan fingerprint density at radius 2 is 1.93 bits per heavy atom. The maximum absolute atomic E-state index is 11.4. The summed E-state index contributed by atoms with van der Waals surface area (Å²) in [7, 11) is 0. The van der Waals surface area contributed by atoms with E-state index in [0.717, 1.165) is 5.56 Å². The quantitative estimate of drug-likeness (QED) is 0.674. The fraction of sp³-hybridized carbons (Fsp3) is 0.455. The third-order valence-corrected chi connectivity index (χ3v) is 1.52. The molecule has 0 aliphatic carbocycles. The van der Waals surface area contributed by atoms with E-state index in [9.17, 15) is 4.79 Å². The Balaban J connectivity index is 2.50. The number of hydrogen-bond donors (Lipinski definition) is 0. The molecule has 1 aromatic heterocycles. The second-order valence-electron chi connectivity index (χ2n) is 4.12. The molecule has 0 aliphatic heterocycles. The minimum Gasteiger partial charge on any atom is -0.460 e. The van der Waals surface area contributed by atoms with E-state index < -0.39 is 5.60 Å². The lowest BCUT2D eigenvalue weighted by molar-refractivity contribution is -0.153. The first-order chi connectivity index (χ1) is 6.47. The van der Waals surface area contributed by atoms with Gasteiger partial charge < -0.3 is 4.74 Å². The summed E-state index contributed by atoms with van der Waals surface area (Å²) in [6.07, 6.45) is 3.64. The molecule has 0 aliphatic rings. The third-order valence-electron chi connectivity index (χ3n) is 1.52. The predicted molar refractivity (Wildman–Crippen MR) is 53.8 cm³/mol. The first-order valence-corrected chi connectivity index (χ1v) is 4.58. The molecule has 0 aromatic carbocycles. The first-order valence-electron chi connectivity index (χ1n) is 4.58. The van der Waals surface area contributed by atoms with E-state index in [0.29, 0.717) is 6.42 Å². The summed E-state index contributed by atoms with van der Waals surface area (Å²) in [5.74, 6) is -0.205. The molecular weight excluding hydrogens is 178 g/mol. The zero-order valence-electron chi connectivity index (χ0n) is 8.78. The normalized spacial score (nSPS) is 11.1. The van der Waals surface area contributed by atoms with Crippen LogP contribution in [0.5, 0.6) is 0 Å². The van der Waals surface area contributed by atoms with Crippen molar-refractivity contribution < 1.29 is 9.53 Å². The highest BCUT2D eigenvalue weighted by molar-refractivity contribution is 5.72. The van der Waals surface area contributed by atoms with Gasteiger partial charge >= 0.3 is 5.97 Å². The fourth-order valence-electron chi connectivity index (χ4n) is 1.04. The summed E-state index contributed by atoms with van der Waals surface area (Å²) in [6, 6.07) is 3.62. The molecule has 0 amide bonds. The van der Waals surface area contributed by atoms with Gasteiger partial charge in [-0.2, -0.15) is 0 Å². The van der Waals surface area contributed by atoms with Crippen molar-refractivity contribution in [3.63, 3.8) is 0 Å². The topological polar surface area (TPSA) is 39.2 Å². The first kappa shape index (κ1) is 10.7. The van der Waals surface area contributed by atoms with E-state index in [-0.39, 0.29) is 5.97 Å². The second kappa shape index (κ2) is 4.22. The van der Waals surface area contributed by atoms with Crippen molar-refractivity contribution in [2.24, 2.45) is 0 Å². The smallest absolute Gasteiger partial charge is 0.310 e. The molecule has 14 heavy (non-hydrogen) atoms. The van der Waals surface area contributed by atoms with Crippen LogP contribution >= 0.6 is 0 Å². The van der Waals surface area contributed by atoms with Crippen molar-refractivity contribution in [3.05, 3.63) is 30.1 Å². The molecule has 0 fully saturated rings. The number of nitrogens with zero attached hydrogens (tertiary/aromatic N) is 1. The van der Waals surface area contributed by atoms with E-state index in [1.54, 1.807) is 12.4 Å². The lowest BCUT2D eigenvalue weighted by Gasteiger charge is -2.19. The zero-order valence-corrected chi connectivity index (χ0v) is 8.78. The van der Waals surface area contributed by atoms with Crippen LogP contribution in [0.25, 0.3) is 0 Å². The monoisotopic (exact) mass is 193 g/mol. The molecule has 0 unspecified atom stereocenters. The predicted octanol–water partition coefficient (Wildman–Crippen LogP) is 1.97. The van der Waals surface area contributed by atoms with E-state index in [1.807, 2.05) is 32.9 Å². The Labute approximate surface area is 84.1 Å². The van der Waals surface area contributed by atoms with Crippen molar-refractivity contribution in [3.8, 4) is 0 Å². The van der Waals surface area contributed by atoms with Gasteiger partial charge in [0.05, 0.1) is 6.42 Å². The van der Waals surface area contributed by atoms with Crippen molar-refractivity contribution in [2.75, 3.05) is 0 Å². The molecule has 0 bridgehead atoms. The summed E-state index contributed by atoms with van der Waals surface area (Å²) >= 11 is 0. The van der Waals surface area contributed by atoms with Crippen LogP contribution in [0.1, 0.15) is 26.3 Å². The maximum atomic E-state index is 11.4. The van der Waals surface area contributed by atoms with Crippen molar-refractivity contribution in [2.45, 2.75) is 32.8 Å². The van der Waals surface area contributed by atoms with Crippen molar-refractivity contribution >= 4 is 5.97 Å². The number of rotatable bonds is 2. The molecule has 0 N–H and O–H groups in total. The molecule has 0 spiro atoms. The molecular formula is C11H15NO2. The second-order valence-corrected chi connectivity index (χ2v) is 4.12. The fourth-order valence-corrected chi connectivity index (χ4v) is 1.04. The highest BCUT2D eigenvalue weighted by Crippen LogP contribution is 2.09. The minimum atomic E-state index is -0.413. The van der Waals surface area contributed by atoms with Crippen LogP contribution in [0, 0.1) is 0 Å². The van der Waals surface area contributed by atoms with Crippen LogP contribution in [0.2, 0.25) is 0 Å². The summed E-state index contributed by atoms with van der Waals surface area (Å²) < 4.78 is 5.18. The van der Waals surface area contributed by atoms with Gasteiger partial charge in [0.15, 0.2) is 0 Å². The van der Waals surface area contributed by atoms with Gasteiger partial charge in [0.1, 0.15) is 5.60 Å². The average Bonchev–Trinajstić information content (AvgIpc) is 2.02. The van der Waals surface area contributed by atoms with Gasteiger partial charge in [-0.3, -0.25) is 9.78 Å². The van der Waals surface area contributed by atoms with Gasteiger partial charge in [-0.05, 0) is 38.5 Å². The van der Waals surface area contributed by atoms with Crippen LogP contribution in [-0.2, 0) is 16.0 Å². The molecule has 76 valence electrons. The molecule has 3 heteroatoms. The molecule has 3 nitrogen and oxygen atoms in total. The molecule has 0 saturated carbocycles. The summed E-state index contributed by atoms with van der Waals surface area (Å²) in [6.45, 7) is 5.58. The third kappa shape index (κ3) is 4.03. The van der Waals surface area contributed by atoms with E-state index in [1.165, 1.54) is 0 Å². The zero-order chi connectivity index (χ0) is 10.6. The van der Waals surface area contributed by atoms with Gasteiger partial charge in [-0.1, -0.05) is 0 Å². The number of ether oxygens (including phenoxy) is 1. The lowest BCUT2D eigenvalue weighted by Crippen LogP contribution is -2.24. The Morgan fingerprint density at radius 3 is 2.43 bits per heavy atom. The largest absolute Gasteiger partial charge is 0.460 e. The molecule has 1 heterocycles. The Kier molecular flexibility index (Phi) is 3.23. The van der Waals surface area contributed by atoms with E-state index >= 15 is 0 Å². The highest BCUT2D eigenvalue weighted by atomic mass is 16.6. The number of pyridine rings is 1. The van der Waals surface area contributed by atoms with Crippen LogP contribution in [-0.4, -0.2) is 16.6 Å². The van der Waals surface area contributed by atoms with Crippen LogP contribution in [0.3, 0.4) is 0 Å². The van der Waals surface area contributed by atoms with E-state index in [4.69, 9.17) is 4.74 Å². The Hall–Kier alpha value is -1.38. The Bertz CT molecular complexity index is 301. The average molecular weight is 193 g/mol. The molecule has 0 atom stereocenters. The van der Waals surface area contributed by atoms with Gasteiger partial charge in [-0.25, -0.2) is 0 Å². The van der Waals surface area contributed by atoms with Gasteiger partial charge in [0.25, 0.3) is 0 Å². The number of aromatic nitrogens is 1. The molecule has 1 aromatic rings. The highest BCUT2D eigenvalue weighted by Gasteiger charge is 2.16. The van der Waals surface area contributed by atoms with Crippen LogP contribution < -0.4 is 0 Å². The minimum absolute atomic E-state index is 0.205. The number of hydrogen-bond acceptors (Lipinski definition) is 3. The summed E-state index contributed by atoms with van der Waals surface area (Å²) in [4.78, 5) is 15.3. The molecule has 0 radical (unpaired) electrons. The van der Waals surface area contributed by atoms with Crippen LogP contribution in [0.4, 0.5) is 0 Å². The molecule has 1 rings (SSSR count). The van der Waals surface area contributed by atoms with Crippen LogP contribution in [0.15, 0.2) is 24.5 Å². The maximum Gasteiger partial charge on any atom is 0.310 e. The number of esters is 1. The van der Waals surface area contributed by atoms with Gasteiger partial charge in [0, 0.05) is 12.4 Å². The van der Waals surface area contributed by atoms with Crippen molar-refractivity contribution in [1.82, 2.24) is 4.98 Å². The SMILES string of the molecule is CC(C)(C)OC(=O)Cc1ccncc1. The van der Waals surface area contributed by atoms with E-state index in [2.05, 4.69) is 4.98 Å². The van der Waals surface area contributed by atoms with Gasteiger partial charge in [0.2, 0.25) is 0 Å².